The second kappa shape index (κ2) is 12.3. The summed E-state index contributed by atoms with van der Waals surface area (Å²) < 4.78 is 6.94. The minimum absolute atomic E-state index is 0.672. The van der Waals surface area contributed by atoms with Crippen molar-refractivity contribution in [2.45, 2.75) is 0 Å². The molecule has 0 fully saturated rings. The number of hydrogen-bond acceptors (Lipinski definition) is 4. The van der Waals surface area contributed by atoms with E-state index in [1.807, 2.05) is 120 Å². The smallest absolute Gasteiger partial charge is 0.225 e. The highest BCUT2D eigenvalue weighted by Gasteiger charge is 1.98. The zero-order valence-electron chi connectivity index (χ0n) is 18.6. The van der Waals surface area contributed by atoms with E-state index in [1.54, 1.807) is 18.7 Å². The van der Waals surface area contributed by atoms with Crippen LogP contribution in [0.4, 0.5) is 0 Å². The van der Waals surface area contributed by atoms with Crippen LogP contribution in [-0.4, -0.2) is 19.7 Å². The van der Waals surface area contributed by atoms with Crippen molar-refractivity contribution in [1.29, 1.82) is 0 Å². The molecule has 3 heterocycles. The Hall–Kier alpha value is -4.77. The van der Waals surface area contributed by atoms with Gasteiger partial charge in [-0.25, -0.2) is 9.67 Å². The Kier molecular flexibility index (Phi) is 8.12. The molecule has 6 rings (SSSR count). The lowest BCUT2D eigenvalue weighted by molar-refractivity contribution is 0.574. The van der Waals surface area contributed by atoms with Crippen LogP contribution >= 0.6 is 0 Å². The van der Waals surface area contributed by atoms with E-state index in [9.17, 15) is 0 Å². The van der Waals surface area contributed by atoms with Crippen molar-refractivity contribution in [3.05, 3.63) is 146 Å². The molecule has 5 nitrogen and oxygen atoms in total. The van der Waals surface area contributed by atoms with E-state index in [4.69, 9.17) is 4.42 Å². The predicted molar refractivity (Wildman–Crippen MR) is 135 cm³/mol. The van der Waals surface area contributed by atoms with E-state index in [-0.39, 0.29) is 0 Å². The molecule has 166 valence electrons. The van der Waals surface area contributed by atoms with Crippen LogP contribution in [0.25, 0.3) is 28.4 Å². The molecule has 0 atom stereocenters. The van der Waals surface area contributed by atoms with Crippen LogP contribution in [-0.2, 0) is 0 Å². The predicted octanol–water partition coefficient (Wildman–Crippen LogP) is 6.96. The first kappa shape index (κ1) is 22.4. The van der Waals surface area contributed by atoms with Gasteiger partial charge >= 0.3 is 0 Å². The summed E-state index contributed by atoms with van der Waals surface area (Å²) in [4.78, 5) is 8.27. The van der Waals surface area contributed by atoms with E-state index < -0.39 is 0 Å². The van der Waals surface area contributed by atoms with Crippen LogP contribution < -0.4 is 0 Å². The van der Waals surface area contributed by atoms with Gasteiger partial charge in [0, 0.05) is 29.7 Å². The minimum Gasteiger partial charge on any atom is -0.445 e. The van der Waals surface area contributed by atoms with Gasteiger partial charge in [0.2, 0.25) is 5.89 Å². The van der Waals surface area contributed by atoms with Crippen molar-refractivity contribution >= 4 is 0 Å². The van der Waals surface area contributed by atoms with E-state index in [0.717, 1.165) is 22.5 Å². The normalized spacial score (nSPS) is 9.76. The molecule has 0 bridgehead atoms. The van der Waals surface area contributed by atoms with Crippen LogP contribution in [0.2, 0.25) is 0 Å². The van der Waals surface area contributed by atoms with Crippen LogP contribution in [0.3, 0.4) is 0 Å². The highest BCUT2D eigenvalue weighted by Crippen LogP contribution is 2.15. The molecule has 0 unspecified atom stereocenters. The van der Waals surface area contributed by atoms with Crippen molar-refractivity contribution < 1.29 is 4.42 Å². The highest BCUT2D eigenvalue weighted by molar-refractivity contribution is 5.58. The van der Waals surface area contributed by atoms with E-state index >= 15 is 0 Å². The van der Waals surface area contributed by atoms with Crippen molar-refractivity contribution in [3.63, 3.8) is 0 Å². The number of para-hydroxylation sites is 1. The molecule has 34 heavy (non-hydrogen) atoms. The second-order valence-electron chi connectivity index (χ2n) is 7.07. The molecule has 5 heteroatoms. The van der Waals surface area contributed by atoms with E-state index in [0.29, 0.717) is 5.89 Å². The Morgan fingerprint density at radius 3 is 1.74 bits per heavy atom. The third-order valence-corrected chi connectivity index (χ3v) is 4.71. The molecular weight excluding hydrogens is 420 g/mol. The van der Waals surface area contributed by atoms with E-state index in [2.05, 4.69) is 27.2 Å². The Labute approximate surface area is 199 Å². The Morgan fingerprint density at radius 1 is 0.529 bits per heavy atom. The van der Waals surface area contributed by atoms with Crippen molar-refractivity contribution in [2.24, 2.45) is 0 Å². The van der Waals surface area contributed by atoms with Gasteiger partial charge in [0.15, 0.2) is 0 Å². The lowest BCUT2D eigenvalue weighted by Gasteiger charge is -1.97. The largest absolute Gasteiger partial charge is 0.445 e. The first-order valence-corrected chi connectivity index (χ1v) is 10.9. The third-order valence-electron chi connectivity index (χ3n) is 4.71. The van der Waals surface area contributed by atoms with Gasteiger partial charge in [0.1, 0.15) is 6.26 Å². The summed E-state index contributed by atoms with van der Waals surface area (Å²) in [5.41, 5.74) is 4.30. The molecule has 0 aliphatic carbocycles. The summed E-state index contributed by atoms with van der Waals surface area (Å²) in [5, 5.41) is 4.10. The average molecular weight is 445 g/mol. The van der Waals surface area contributed by atoms with Gasteiger partial charge in [-0.3, -0.25) is 4.98 Å². The van der Waals surface area contributed by atoms with Gasteiger partial charge in [0.25, 0.3) is 0 Å². The van der Waals surface area contributed by atoms with Crippen molar-refractivity contribution in [2.75, 3.05) is 0 Å². The average Bonchev–Trinajstić information content (AvgIpc) is 3.67. The molecule has 3 aromatic heterocycles. The van der Waals surface area contributed by atoms with Crippen molar-refractivity contribution in [3.8, 4) is 28.4 Å². The number of oxazole rings is 1. The Bertz CT molecular complexity index is 1200. The Balaban J connectivity index is 0.000000121. The lowest BCUT2D eigenvalue weighted by Crippen LogP contribution is -1.91. The molecule has 0 aliphatic heterocycles. The zero-order valence-corrected chi connectivity index (χ0v) is 18.6. The van der Waals surface area contributed by atoms with Gasteiger partial charge in [-0.1, -0.05) is 72.8 Å². The second-order valence-corrected chi connectivity index (χ2v) is 7.07. The monoisotopic (exact) mass is 444 g/mol. The maximum Gasteiger partial charge on any atom is 0.225 e. The number of aromatic nitrogens is 4. The maximum atomic E-state index is 5.11. The van der Waals surface area contributed by atoms with Gasteiger partial charge in [-0.15, -0.1) is 0 Å². The maximum absolute atomic E-state index is 5.11. The molecule has 6 aromatic rings. The molecule has 3 aromatic carbocycles. The van der Waals surface area contributed by atoms with Crippen molar-refractivity contribution in [1.82, 2.24) is 19.7 Å². The fraction of sp³-hybridized carbons (Fsp3) is 0. The number of hydrogen-bond donors (Lipinski definition) is 0. The van der Waals surface area contributed by atoms with Crippen LogP contribution in [0.1, 0.15) is 0 Å². The summed E-state index contributed by atoms with van der Waals surface area (Å²) in [5.74, 6) is 0.672. The van der Waals surface area contributed by atoms with Gasteiger partial charge in [-0.2, -0.15) is 5.10 Å². The molecule has 0 spiro atoms. The number of rotatable bonds is 3. The first-order chi connectivity index (χ1) is 16.9. The van der Waals surface area contributed by atoms with Crippen LogP contribution in [0.15, 0.2) is 151 Å². The molecule has 0 radical (unpaired) electrons. The number of pyridine rings is 1. The fourth-order valence-electron chi connectivity index (χ4n) is 3.09. The molecule has 0 amide bonds. The minimum atomic E-state index is 0.672. The summed E-state index contributed by atoms with van der Waals surface area (Å²) in [6, 6.07) is 37.8. The summed E-state index contributed by atoms with van der Waals surface area (Å²) in [7, 11) is 0. The standard InChI is InChI=1S/C11H9N.C9H8N2.C9H7NO/c1-2-6-10(7-3-1)11-8-4-5-9-12-11;1-2-5-9(6-3-1)11-8-4-7-10-11;1-2-4-8(5-3-1)9-10-6-7-11-9/h1-9H;1-8H;1-7H. The van der Waals surface area contributed by atoms with Crippen LogP contribution in [0, 0.1) is 0 Å². The molecule has 0 aliphatic rings. The molecular formula is C29H24N4O. The quantitative estimate of drug-likeness (QED) is 0.296. The summed E-state index contributed by atoms with van der Waals surface area (Å²) >= 11 is 0. The number of benzene rings is 3. The third kappa shape index (κ3) is 6.61. The molecule has 0 N–H and O–H groups in total. The highest BCUT2D eigenvalue weighted by atomic mass is 16.3. The molecule has 0 saturated heterocycles. The van der Waals surface area contributed by atoms with E-state index in [1.165, 1.54) is 0 Å². The SMILES string of the molecule is c1ccc(-c2ccccn2)cc1.c1ccc(-c2ncco2)cc1.c1ccc(-n2cccn2)cc1. The molecule has 0 saturated carbocycles. The zero-order chi connectivity index (χ0) is 23.3. The summed E-state index contributed by atoms with van der Waals surface area (Å²) in [6.07, 6.45) is 8.72. The lowest BCUT2D eigenvalue weighted by atomic mass is 10.1. The van der Waals surface area contributed by atoms with Gasteiger partial charge < -0.3 is 4.42 Å². The topological polar surface area (TPSA) is 56.7 Å². The Morgan fingerprint density at radius 2 is 1.18 bits per heavy atom. The first-order valence-electron chi connectivity index (χ1n) is 10.9. The summed E-state index contributed by atoms with van der Waals surface area (Å²) in [6.45, 7) is 0. The van der Waals surface area contributed by atoms with Crippen LogP contribution in [0.5, 0.6) is 0 Å². The van der Waals surface area contributed by atoms with Gasteiger partial charge in [0.05, 0.1) is 17.6 Å². The fourth-order valence-corrected chi connectivity index (χ4v) is 3.09. The van der Waals surface area contributed by atoms with Gasteiger partial charge in [-0.05, 0) is 42.5 Å². The number of nitrogens with zero attached hydrogens (tertiary/aromatic N) is 4.